The van der Waals surface area contributed by atoms with Crippen molar-refractivity contribution >= 4 is 12.0 Å². The van der Waals surface area contributed by atoms with Gasteiger partial charge in [-0.05, 0) is 0 Å². The molecule has 0 fully saturated rings. The van der Waals surface area contributed by atoms with Gasteiger partial charge in [0.05, 0.1) is 12.5 Å². The van der Waals surface area contributed by atoms with Crippen LogP contribution in [0.2, 0.25) is 0 Å². The number of aliphatic carboxylic acids is 1. The average molecular weight is 135 g/mol. The Labute approximate surface area is 51.6 Å². The van der Waals surface area contributed by atoms with E-state index in [0.717, 1.165) is 0 Å². The maximum Gasteiger partial charge on any atom is 0.312 e. The van der Waals surface area contributed by atoms with Gasteiger partial charge < -0.3 is 27.1 Å². The molecule has 0 aromatic heterocycles. The normalized spacial score (nSPS) is 7.11. The van der Waals surface area contributed by atoms with Gasteiger partial charge in [-0.1, -0.05) is 0 Å². The summed E-state index contributed by atoms with van der Waals surface area (Å²) in [6, 6.07) is -0.866. The van der Waals surface area contributed by atoms with Crippen LogP contribution in [0.15, 0.2) is 0 Å². The van der Waals surface area contributed by atoms with Crippen LogP contribution < -0.4 is 22.3 Å². The first-order valence-corrected chi connectivity index (χ1v) is 1.86. The summed E-state index contributed by atoms with van der Waals surface area (Å²) in [5, 5.41) is 11.3. The number of urea groups is 1. The summed E-state index contributed by atoms with van der Waals surface area (Å²) in [6.07, 6.45) is 0. The molecule has 0 saturated heterocycles. The van der Waals surface area contributed by atoms with E-state index >= 15 is 0 Å². The summed E-state index contributed by atoms with van der Waals surface area (Å²) in [5.74, 6) is -1.36. The maximum absolute atomic E-state index is 9.72. The quantitative estimate of drug-likeness (QED) is 0.396. The lowest BCUT2D eigenvalue weighted by atomic mass is 10.7. The monoisotopic (exact) mass is 135 g/mol. The zero-order chi connectivity index (χ0) is 6.57. The Morgan fingerprint density at radius 2 is 2.00 bits per heavy atom. The second-order valence-electron chi connectivity index (χ2n) is 1.09. The molecule has 7 N–H and O–H groups in total. The van der Waals surface area contributed by atoms with E-state index in [4.69, 9.17) is 0 Å². The number of primary amides is 1. The van der Waals surface area contributed by atoms with Gasteiger partial charge in [-0.3, -0.25) is 0 Å². The summed E-state index contributed by atoms with van der Waals surface area (Å²) < 4.78 is 0. The molecule has 0 atom stereocenters. The van der Waals surface area contributed by atoms with Crippen LogP contribution in [0.5, 0.6) is 0 Å². The Morgan fingerprint density at radius 3 is 2.11 bits per heavy atom. The van der Waals surface area contributed by atoms with Gasteiger partial charge in [0.2, 0.25) is 0 Å². The minimum atomic E-state index is -1.36. The third-order valence-corrected chi connectivity index (χ3v) is 0.407. The molecule has 0 rings (SSSR count). The Kier molecular flexibility index (Phi) is 5.73. The minimum absolute atomic E-state index is 0. The van der Waals surface area contributed by atoms with Crippen LogP contribution in [0, 0.1) is 0 Å². The van der Waals surface area contributed by atoms with Crippen molar-refractivity contribution in [2.75, 3.05) is 6.54 Å². The Morgan fingerprint density at radius 1 is 1.56 bits per heavy atom. The molecule has 0 aliphatic heterocycles. The standard InChI is InChI=1S/C3H6N2O3.H3N/c4-3(8)5-1-2(6)7;/h1H2,(H,6,7)(H3,4,5,8);1H3. The van der Waals surface area contributed by atoms with Gasteiger partial charge in [0.1, 0.15) is 0 Å². The Balaban J connectivity index is 0. The number of carbonyl (C=O) groups is 2. The number of nitrogens with two attached hydrogens (primary N) is 1. The van der Waals surface area contributed by atoms with Crippen molar-refractivity contribution in [3.63, 3.8) is 0 Å². The molecule has 0 aromatic carbocycles. The van der Waals surface area contributed by atoms with Crippen LogP contribution in [-0.2, 0) is 4.79 Å². The molecule has 9 heavy (non-hydrogen) atoms. The molecular weight excluding hydrogens is 126 g/mol. The van der Waals surface area contributed by atoms with Crippen LogP contribution >= 0.6 is 0 Å². The van der Waals surface area contributed by atoms with E-state index in [-0.39, 0.29) is 6.15 Å². The smallest absolute Gasteiger partial charge is 0.312 e. The fourth-order valence-electron chi connectivity index (χ4n) is 0.159. The number of amides is 2. The number of hydrogen-bond acceptors (Lipinski definition) is 3. The summed E-state index contributed by atoms with van der Waals surface area (Å²) in [5.41, 5.74) is 4.50. The maximum atomic E-state index is 9.72. The third kappa shape index (κ3) is 10.8. The van der Waals surface area contributed by atoms with Gasteiger partial charge >= 0.3 is 6.03 Å². The van der Waals surface area contributed by atoms with E-state index in [0.29, 0.717) is 0 Å². The van der Waals surface area contributed by atoms with Crippen LogP contribution in [0.25, 0.3) is 0 Å². The number of carboxylic acid groups (broad SMARTS) is 1. The highest BCUT2D eigenvalue weighted by Crippen LogP contribution is 1.53. The van der Waals surface area contributed by atoms with Gasteiger partial charge in [-0.15, -0.1) is 0 Å². The van der Waals surface area contributed by atoms with E-state index in [1.54, 1.807) is 0 Å². The highest BCUT2D eigenvalue weighted by Gasteiger charge is 1.87. The molecule has 6 nitrogen and oxygen atoms in total. The molecule has 0 bridgehead atoms. The molecule has 0 spiro atoms. The lowest BCUT2D eigenvalue weighted by Gasteiger charge is -1.99. The van der Waals surface area contributed by atoms with Gasteiger partial charge in [0.15, 0.2) is 0 Å². The number of quaternary nitrogens is 1. The van der Waals surface area contributed by atoms with Gasteiger partial charge in [0.25, 0.3) is 0 Å². The number of hydrogen-bond donors (Lipinski definition) is 3. The van der Waals surface area contributed by atoms with Crippen LogP contribution in [0.3, 0.4) is 0 Å². The molecule has 0 unspecified atom stereocenters. The molecule has 54 valence electrons. The first kappa shape index (κ1) is 10.6. The molecule has 0 aliphatic carbocycles. The lowest BCUT2D eigenvalue weighted by molar-refractivity contribution is -0.303. The molecule has 0 saturated carbocycles. The molecular formula is C3H9N3O3. The van der Waals surface area contributed by atoms with E-state index in [2.05, 4.69) is 5.73 Å². The van der Waals surface area contributed by atoms with E-state index < -0.39 is 18.5 Å². The van der Waals surface area contributed by atoms with E-state index in [9.17, 15) is 14.7 Å². The SMILES string of the molecule is NC(=O)NCC(=O)[O-].[NH4+]. The highest BCUT2D eigenvalue weighted by molar-refractivity contribution is 5.77. The molecule has 0 heterocycles. The Hall–Kier alpha value is -1.30. The van der Waals surface area contributed by atoms with Crippen molar-refractivity contribution in [1.29, 1.82) is 0 Å². The predicted octanol–water partition coefficient (Wildman–Crippen LogP) is -2.22. The number of carboxylic acids is 1. The molecule has 0 radical (unpaired) electrons. The molecule has 0 aromatic rings. The summed E-state index contributed by atoms with van der Waals surface area (Å²) in [6.45, 7) is -0.532. The van der Waals surface area contributed by atoms with Crippen molar-refractivity contribution in [1.82, 2.24) is 11.5 Å². The molecule has 6 heteroatoms. The number of nitrogens with one attached hydrogen (secondary N) is 1. The number of carbonyl (C=O) groups excluding carboxylic acids is 2. The van der Waals surface area contributed by atoms with Gasteiger partial charge in [-0.2, -0.15) is 0 Å². The zero-order valence-corrected chi connectivity index (χ0v) is 5.01. The predicted molar refractivity (Wildman–Crippen MR) is 28.6 cm³/mol. The fourth-order valence-corrected chi connectivity index (χ4v) is 0.159. The molecule has 0 aliphatic rings. The third-order valence-electron chi connectivity index (χ3n) is 0.407. The van der Waals surface area contributed by atoms with E-state index in [1.807, 2.05) is 5.32 Å². The first-order valence-electron chi connectivity index (χ1n) is 1.86. The second-order valence-corrected chi connectivity index (χ2v) is 1.09. The van der Waals surface area contributed by atoms with Crippen molar-refractivity contribution < 1.29 is 14.7 Å². The summed E-state index contributed by atoms with van der Waals surface area (Å²) in [7, 11) is 0. The largest absolute Gasteiger partial charge is 0.548 e. The second kappa shape index (κ2) is 4.85. The topological polar surface area (TPSA) is 132 Å². The van der Waals surface area contributed by atoms with Crippen molar-refractivity contribution in [3.8, 4) is 0 Å². The summed E-state index contributed by atoms with van der Waals surface area (Å²) >= 11 is 0. The number of rotatable bonds is 2. The lowest BCUT2D eigenvalue weighted by Crippen LogP contribution is -2.40. The Bertz CT molecular complexity index is 98.9. The fraction of sp³-hybridized carbons (Fsp3) is 0.333. The highest BCUT2D eigenvalue weighted by atomic mass is 16.4. The van der Waals surface area contributed by atoms with Crippen LogP contribution in [0.1, 0.15) is 0 Å². The minimum Gasteiger partial charge on any atom is -0.548 e. The van der Waals surface area contributed by atoms with Crippen LogP contribution in [-0.4, -0.2) is 18.5 Å². The van der Waals surface area contributed by atoms with Gasteiger partial charge in [-0.25, -0.2) is 4.79 Å². The summed E-state index contributed by atoms with van der Waals surface area (Å²) in [4.78, 5) is 19.2. The zero-order valence-electron chi connectivity index (χ0n) is 5.01. The average Bonchev–Trinajstić information content (AvgIpc) is 1.61. The van der Waals surface area contributed by atoms with Crippen LogP contribution in [0.4, 0.5) is 4.79 Å². The van der Waals surface area contributed by atoms with Gasteiger partial charge in [0, 0.05) is 0 Å². The van der Waals surface area contributed by atoms with Crippen molar-refractivity contribution in [2.45, 2.75) is 0 Å². The van der Waals surface area contributed by atoms with Crippen molar-refractivity contribution in [3.05, 3.63) is 0 Å². The first-order chi connectivity index (χ1) is 3.63. The van der Waals surface area contributed by atoms with Crippen molar-refractivity contribution in [2.24, 2.45) is 5.73 Å². The van der Waals surface area contributed by atoms with E-state index in [1.165, 1.54) is 0 Å². The molecule has 2 amide bonds.